The molecule has 12 aromatic rings. The number of aromatic nitrogens is 4. The minimum atomic E-state index is -2.14. The van der Waals surface area contributed by atoms with E-state index in [1.54, 1.807) is 46.9 Å². The molecule has 4 nitrogen and oxygen atoms in total. The maximum Gasteiger partial charge on any atom is 0.0783 e. The summed E-state index contributed by atoms with van der Waals surface area (Å²) in [6.45, 7) is 14.0. The molecule has 12 rings (SSSR count). The Bertz CT molecular complexity index is 3970. The van der Waals surface area contributed by atoms with Gasteiger partial charge < -0.3 is 19.9 Å². The topological polar surface area (TPSA) is 51.6 Å². The third kappa shape index (κ3) is 13.6. The first-order valence-electron chi connectivity index (χ1n) is 27.5. The Morgan fingerprint density at radius 1 is 0.408 bits per heavy atom. The zero-order valence-corrected chi connectivity index (χ0v) is 52.0. The van der Waals surface area contributed by atoms with E-state index < -0.39 is 29.9 Å². The van der Waals surface area contributed by atoms with Gasteiger partial charge in [0.05, 0.1) is 8.07 Å². The summed E-state index contributed by atoms with van der Waals surface area (Å²) in [4.78, 5) is 17.5. The number of hydrogen-bond donors (Lipinski definition) is 0. The van der Waals surface area contributed by atoms with Gasteiger partial charge in [-0.05, 0) is 105 Å². The molecule has 0 amide bonds. The van der Waals surface area contributed by atoms with Crippen molar-refractivity contribution in [2.45, 2.75) is 66.8 Å². The zero-order chi connectivity index (χ0) is 57.0. The van der Waals surface area contributed by atoms with E-state index in [4.69, 9.17) is 8.22 Å². The minimum Gasteiger partial charge on any atom is -0.304 e. The molecule has 10 heteroatoms. The van der Waals surface area contributed by atoms with E-state index in [0.29, 0.717) is 0 Å². The summed E-state index contributed by atoms with van der Waals surface area (Å²) in [5.74, 6) is 0. The largest absolute Gasteiger partial charge is 0.304 e. The van der Waals surface area contributed by atoms with Crippen molar-refractivity contribution < 1.29 is 48.4 Å². The van der Waals surface area contributed by atoms with Crippen molar-refractivity contribution >= 4 is 89.5 Å². The van der Waals surface area contributed by atoms with Crippen molar-refractivity contribution in [1.82, 2.24) is 19.9 Å². The molecule has 6 heterocycles. The van der Waals surface area contributed by atoms with Crippen LogP contribution in [0.3, 0.4) is 0 Å². The van der Waals surface area contributed by atoms with Crippen LogP contribution in [0.5, 0.6) is 0 Å². The summed E-state index contributed by atoms with van der Waals surface area (Å²) in [6.07, 6.45) is 6.66. The van der Waals surface area contributed by atoms with Crippen molar-refractivity contribution in [3.63, 3.8) is 0 Å². The number of rotatable bonds is 6. The fourth-order valence-electron chi connectivity index (χ4n) is 8.60. The third-order valence-corrected chi connectivity index (χ3v) is 18.8. The maximum absolute atomic E-state index is 7.54. The second-order valence-corrected chi connectivity index (χ2v) is 32.3. The predicted molar refractivity (Wildman–Crippen MR) is 325 cm³/mol. The van der Waals surface area contributed by atoms with Crippen LogP contribution < -0.4 is 10.4 Å². The van der Waals surface area contributed by atoms with Gasteiger partial charge in [0, 0.05) is 90.7 Å². The molecule has 6 aromatic carbocycles. The number of benzene rings is 6. The monoisotopic (exact) mass is 1420 g/mol. The van der Waals surface area contributed by atoms with E-state index in [1.165, 1.54) is 69.5 Å². The van der Waals surface area contributed by atoms with Crippen molar-refractivity contribution in [2.24, 2.45) is 0 Å². The van der Waals surface area contributed by atoms with Crippen LogP contribution in [0.2, 0.25) is 39.3 Å². The van der Waals surface area contributed by atoms with E-state index in [-0.39, 0.29) is 51.3 Å². The van der Waals surface area contributed by atoms with E-state index in [9.17, 15) is 0 Å². The summed E-state index contributed by atoms with van der Waals surface area (Å²) < 4.78 is 50.1. The Balaban J connectivity index is 0.000000165. The second kappa shape index (κ2) is 25.5. The predicted octanol–water partition coefficient (Wildman–Crippen LogP) is 17.3. The first-order valence-corrected chi connectivity index (χ1v) is 33.1. The van der Waals surface area contributed by atoms with Crippen LogP contribution in [0.1, 0.15) is 30.5 Å². The van der Waals surface area contributed by atoms with Crippen LogP contribution in [0.25, 0.3) is 85.4 Å². The van der Waals surface area contributed by atoms with Gasteiger partial charge in [-0.2, -0.15) is 22.7 Å². The summed E-state index contributed by atoms with van der Waals surface area (Å²) in [6, 6.07) is 65.1. The Morgan fingerprint density at radius 2 is 0.895 bits per heavy atom. The average Bonchev–Trinajstić information content (AvgIpc) is 4.13. The molecule has 0 bridgehead atoms. The molecule has 6 aromatic heterocycles. The van der Waals surface area contributed by atoms with Gasteiger partial charge in [0.25, 0.3) is 0 Å². The van der Waals surface area contributed by atoms with Gasteiger partial charge in [0.15, 0.2) is 0 Å². The van der Waals surface area contributed by atoms with Crippen LogP contribution in [-0.2, 0) is 40.2 Å². The Morgan fingerprint density at radius 3 is 1.39 bits per heavy atom. The summed E-state index contributed by atoms with van der Waals surface area (Å²) in [5.41, 5.74) is 10.3. The number of aryl methyl sites for hydroxylation is 4. The number of thiophene rings is 2. The molecule has 0 spiro atoms. The minimum absolute atomic E-state index is 0. The van der Waals surface area contributed by atoms with Gasteiger partial charge in [-0.1, -0.05) is 134 Å². The SMILES string of the molecule is Cc1ccc(-c2[c-]cccc2)nc1.Cc1ccc(-c2[c-]cccc2)nc1.[2H]C([2H])([2H])c1ccc(-c2[c-]cc([Si](C)(C)C)c3c2sc2ccccc23)nc1.[2H]C([2H])([2H])c1ccc(-c2[c-]ccc3c2sc2cccc([Si](C)(C)C)c23)nc1.[Ir].[Ir]. The van der Waals surface area contributed by atoms with Gasteiger partial charge >= 0.3 is 0 Å². The third-order valence-electron chi connectivity index (χ3n) is 12.4. The Hall–Kier alpha value is -5.91. The van der Waals surface area contributed by atoms with Crippen molar-refractivity contribution in [1.29, 1.82) is 0 Å². The van der Waals surface area contributed by atoms with Gasteiger partial charge in [0.2, 0.25) is 0 Å². The molecule has 386 valence electrons. The van der Waals surface area contributed by atoms with Crippen molar-refractivity contribution in [3.05, 3.63) is 229 Å². The number of pyridine rings is 4. The molecule has 0 saturated heterocycles. The number of nitrogens with zero attached hydrogens (tertiary/aromatic N) is 4. The molecule has 0 atom stereocenters. The molecule has 0 aliphatic rings. The molecule has 76 heavy (non-hydrogen) atoms. The van der Waals surface area contributed by atoms with Crippen molar-refractivity contribution in [3.8, 4) is 45.0 Å². The van der Waals surface area contributed by atoms with Crippen LogP contribution in [0.4, 0.5) is 0 Å². The van der Waals surface area contributed by atoms with Crippen LogP contribution >= 0.6 is 22.7 Å². The summed E-state index contributed by atoms with van der Waals surface area (Å²) in [5, 5.41) is 8.05. The standard InChI is InChI=1S/2C21H20NSSi.2C12H10N.2Ir/c1-14-11-12-17(22-13-14)15-7-5-8-16-20-18(23-21(15)16)9-6-10-19(20)24(2,3)4;1-14-9-11-17(22-13-14)15-10-12-19(24(2,3)4)20-16-7-5-6-8-18(16)23-21(15)20;2*1-10-7-8-12(13-9-10)11-5-3-2-4-6-11;;/h5-6,8-13H,1-4H3;5-9,11-13H,1-4H3;2*2-5,7-9H,1H3;;/q4*-1;;/i2*1D3;;;;. The second-order valence-electron chi connectivity index (χ2n) is 20.1. The fourth-order valence-corrected chi connectivity index (χ4v) is 14.4. The first-order chi connectivity index (χ1) is 38.0. The normalized spacial score (nSPS) is 12.6. The zero-order valence-electron chi connectivity index (χ0n) is 49.6. The molecular formula is C66H60Ir2N4S2Si2-4. The van der Waals surface area contributed by atoms with E-state index in [1.807, 2.05) is 93.0 Å². The van der Waals surface area contributed by atoms with E-state index >= 15 is 0 Å². The summed E-state index contributed by atoms with van der Waals surface area (Å²) in [7, 11) is -3.04. The maximum atomic E-state index is 7.54. The molecule has 2 radical (unpaired) electrons. The molecule has 0 saturated carbocycles. The quantitative estimate of drug-likeness (QED) is 0.123. The smallest absolute Gasteiger partial charge is 0.0783 e. The molecule has 0 unspecified atom stereocenters. The van der Waals surface area contributed by atoms with Gasteiger partial charge in [-0.15, -0.1) is 118 Å². The Labute approximate surface area is 495 Å². The van der Waals surface area contributed by atoms with Gasteiger partial charge in [0.1, 0.15) is 0 Å². The van der Waals surface area contributed by atoms with Crippen LogP contribution in [-0.4, -0.2) is 36.1 Å². The molecule has 0 N–H and O–H groups in total. The van der Waals surface area contributed by atoms with Crippen LogP contribution in [0.15, 0.2) is 183 Å². The number of hydrogen-bond acceptors (Lipinski definition) is 6. The molecule has 0 aliphatic heterocycles. The van der Waals surface area contributed by atoms with E-state index in [0.717, 1.165) is 49.7 Å². The summed E-state index contributed by atoms with van der Waals surface area (Å²) >= 11 is 3.53. The number of fused-ring (bicyclic) bond motifs is 6. The van der Waals surface area contributed by atoms with Crippen LogP contribution in [0, 0.1) is 51.8 Å². The van der Waals surface area contributed by atoms with Gasteiger partial charge in [-0.25, -0.2) is 0 Å². The van der Waals surface area contributed by atoms with E-state index in [2.05, 4.69) is 150 Å². The molecule has 0 aliphatic carbocycles. The van der Waals surface area contributed by atoms with Crippen molar-refractivity contribution in [2.75, 3.05) is 0 Å². The van der Waals surface area contributed by atoms with Gasteiger partial charge in [-0.3, -0.25) is 0 Å². The molecule has 0 fully saturated rings. The Kier molecular flexibility index (Phi) is 16.7. The molecular weight excluding hydrogens is 1350 g/mol. The average molecular weight is 1420 g/mol. The first kappa shape index (κ1) is 49.7. The fraction of sp³-hybridized carbons (Fsp3) is 0.152.